The van der Waals surface area contributed by atoms with Gasteiger partial charge >= 0.3 is 0 Å². The first-order chi connectivity index (χ1) is 5.89. The predicted octanol–water partition coefficient (Wildman–Crippen LogP) is 5.26. The Bertz CT molecular complexity index is 130. The van der Waals surface area contributed by atoms with E-state index in [-0.39, 0.29) is 0 Å². The van der Waals surface area contributed by atoms with Crippen LogP contribution >= 0.6 is 34.8 Å². The first kappa shape index (κ1) is 14.1. The molecule has 0 aromatic rings. The molecular weight excluding hydrogens is 243 g/mol. The second-order valence-corrected chi connectivity index (χ2v) is 11.8. The summed E-state index contributed by atoms with van der Waals surface area (Å²) < 4.78 is -1.04. The third-order valence-corrected chi connectivity index (χ3v) is 9.57. The van der Waals surface area contributed by atoms with Crippen molar-refractivity contribution in [3.63, 3.8) is 0 Å². The lowest BCUT2D eigenvalue weighted by molar-refractivity contribution is 0.919. The standard InChI is InChI=1S/C9H19Cl3Si/c1-4-13(5-2,6-3)8-7-9(10,11)12/h4-8H2,1-3H3. The van der Waals surface area contributed by atoms with Crippen LogP contribution in [-0.4, -0.2) is 11.9 Å². The van der Waals surface area contributed by atoms with Crippen LogP contribution in [0.25, 0.3) is 0 Å². The Balaban J connectivity index is 4.11. The summed E-state index contributed by atoms with van der Waals surface area (Å²) in [7, 11) is -1.08. The van der Waals surface area contributed by atoms with Crippen molar-refractivity contribution in [3.8, 4) is 0 Å². The fourth-order valence-electron chi connectivity index (χ4n) is 1.69. The van der Waals surface area contributed by atoms with Crippen LogP contribution in [0.2, 0.25) is 24.2 Å². The van der Waals surface area contributed by atoms with Crippen LogP contribution in [-0.2, 0) is 0 Å². The molecule has 80 valence electrons. The minimum Gasteiger partial charge on any atom is -0.0837 e. The zero-order chi connectivity index (χ0) is 10.5. The Kier molecular flexibility index (Phi) is 6.33. The molecule has 0 rings (SSSR count). The van der Waals surface area contributed by atoms with E-state index >= 15 is 0 Å². The highest BCUT2D eigenvalue weighted by atomic mass is 35.6. The van der Waals surface area contributed by atoms with E-state index in [2.05, 4.69) is 20.8 Å². The molecule has 0 saturated carbocycles. The maximum atomic E-state index is 5.76. The third kappa shape index (κ3) is 5.51. The summed E-state index contributed by atoms with van der Waals surface area (Å²) in [6.07, 6.45) is 0.722. The summed E-state index contributed by atoms with van der Waals surface area (Å²) in [5.41, 5.74) is 0. The molecular formula is C9H19Cl3Si. The first-order valence-electron chi connectivity index (χ1n) is 4.96. The highest BCUT2D eigenvalue weighted by molar-refractivity contribution is 6.80. The molecule has 0 aromatic heterocycles. The molecule has 0 fully saturated rings. The van der Waals surface area contributed by atoms with Gasteiger partial charge in [0.2, 0.25) is 0 Å². The van der Waals surface area contributed by atoms with Crippen LogP contribution in [0, 0.1) is 0 Å². The molecule has 13 heavy (non-hydrogen) atoms. The molecule has 0 heterocycles. The predicted molar refractivity (Wildman–Crippen MR) is 66.9 cm³/mol. The van der Waals surface area contributed by atoms with Crippen molar-refractivity contribution in [2.75, 3.05) is 0 Å². The molecule has 0 bridgehead atoms. The lowest BCUT2D eigenvalue weighted by Gasteiger charge is -2.29. The van der Waals surface area contributed by atoms with E-state index in [9.17, 15) is 0 Å². The van der Waals surface area contributed by atoms with E-state index in [0.29, 0.717) is 0 Å². The van der Waals surface area contributed by atoms with Crippen molar-refractivity contribution in [1.82, 2.24) is 0 Å². The van der Waals surface area contributed by atoms with E-state index in [1.54, 1.807) is 0 Å². The van der Waals surface area contributed by atoms with E-state index in [1.807, 2.05) is 0 Å². The Morgan fingerprint density at radius 2 is 1.31 bits per heavy atom. The summed E-state index contributed by atoms with van der Waals surface area (Å²) in [5, 5.41) is 0. The van der Waals surface area contributed by atoms with Gasteiger partial charge in [0.05, 0.1) is 8.07 Å². The highest BCUT2D eigenvalue weighted by Crippen LogP contribution is 2.37. The maximum Gasteiger partial charge on any atom is 0.190 e. The first-order valence-corrected chi connectivity index (χ1v) is 8.92. The Labute approximate surface area is 97.9 Å². The lowest BCUT2D eigenvalue weighted by atomic mass is 10.5. The van der Waals surface area contributed by atoms with E-state index < -0.39 is 11.9 Å². The molecule has 0 radical (unpaired) electrons. The average molecular weight is 262 g/mol. The minimum absolute atomic E-state index is 0.722. The molecule has 0 amide bonds. The average Bonchev–Trinajstić information content (AvgIpc) is 2.06. The fourth-order valence-corrected chi connectivity index (χ4v) is 5.91. The quantitative estimate of drug-likeness (QED) is 0.468. The van der Waals surface area contributed by atoms with E-state index in [4.69, 9.17) is 34.8 Å². The molecule has 0 atom stereocenters. The van der Waals surface area contributed by atoms with Crippen LogP contribution in [0.4, 0.5) is 0 Å². The molecule has 0 saturated heterocycles. The summed E-state index contributed by atoms with van der Waals surface area (Å²) in [4.78, 5) is 0. The Hall–Kier alpha value is 1.09. The molecule has 0 unspecified atom stereocenters. The second-order valence-electron chi connectivity index (χ2n) is 3.68. The van der Waals surface area contributed by atoms with Gasteiger partial charge < -0.3 is 0 Å². The monoisotopic (exact) mass is 260 g/mol. The number of alkyl halides is 3. The molecule has 0 nitrogen and oxygen atoms in total. The number of halogens is 3. The number of hydrogen-bond donors (Lipinski definition) is 0. The largest absolute Gasteiger partial charge is 0.190 e. The van der Waals surface area contributed by atoms with Crippen molar-refractivity contribution in [3.05, 3.63) is 0 Å². The normalized spacial score (nSPS) is 13.4. The van der Waals surface area contributed by atoms with E-state index in [0.717, 1.165) is 12.5 Å². The van der Waals surface area contributed by atoms with Gasteiger partial charge in [-0.25, -0.2) is 0 Å². The highest BCUT2D eigenvalue weighted by Gasteiger charge is 2.30. The topological polar surface area (TPSA) is 0 Å². The Morgan fingerprint density at radius 1 is 0.923 bits per heavy atom. The third-order valence-electron chi connectivity index (χ3n) is 3.19. The summed E-state index contributed by atoms with van der Waals surface area (Å²) in [6.45, 7) is 6.83. The van der Waals surface area contributed by atoms with Crippen molar-refractivity contribution >= 4 is 42.9 Å². The van der Waals surface area contributed by atoms with Crippen LogP contribution in [0.5, 0.6) is 0 Å². The van der Waals surface area contributed by atoms with Crippen LogP contribution in [0.15, 0.2) is 0 Å². The number of rotatable bonds is 5. The number of hydrogen-bond acceptors (Lipinski definition) is 0. The van der Waals surface area contributed by atoms with Gasteiger partial charge in [0.25, 0.3) is 0 Å². The zero-order valence-corrected chi connectivity index (χ0v) is 11.9. The van der Waals surface area contributed by atoms with E-state index in [1.165, 1.54) is 18.1 Å². The smallest absolute Gasteiger partial charge is 0.0837 e. The molecule has 0 N–H and O–H groups in total. The molecule has 4 heteroatoms. The zero-order valence-electron chi connectivity index (χ0n) is 8.67. The van der Waals surface area contributed by atoms with Gasteiger partial charge in [-0.2, -0.15) is 0 Å². The van der Waals surface area contributed by atoms with Crippen molar-refractivity contribution < 1.29 is 0 Å². The fraction of sp³-hybridized carbons (Fsp3) is 1.00. The van der Waals surface area contributed by atoms with Gasteiger partial charge in [0.15, 0.2) is 3.79 Å². The van der Waals surface area contributed by atoms with Gasteiger partial charge in [-0.1, -0.05) is 79.8 Å². The van der Waals surface area contributed by atoms with Crippen LogP contribution in [0.1, 0.15) is 27.2 Å². The Morgan fingerprint density at radius 3 is 1.54 bits per heavy atom. The van der Waals surface area contributed by atoms with Crippen molar-refractivity contribution in [2.45, 2.75) is 55.2 Å². The molecule has 0 aliphatic carbocycles. The molecule has 0 spiro atoms. The summed E-state index contributed by atoms with van der Waals surface area (Å²) in [6, 6.07) is 5.06. The van der Waals surface area contributed by atoms with Gasteiger partial charge in [-0.3, -0.25) is 0 Å². The van der Waals surface area contributed by atoms with Gasteiger partial charge in [-0.05, 0) is 6.42 Å². The van der Waals surface area contributed by atoms with Crippen LogP contribution < -0.4 is 0 Å². The molecule has 0 aliphatic heterocycles. The van der Waals surface area contributed by atoms with Gasteiger partial charge in [-0.15, -0.1) is 0 Å². The summed E-state index contributed by atoms with van der Waals surface area (Å²) in [5.74, 6) is 0. The summed E-state index contributed by atoms with van der Waals surface area (Å²) >= 11 is 17.3. The minimum atomic E-state index is -1.08. The van der Waals surface area contributed by atoms with Gasteiger partial charge in [0, 0.05) is 0 Å². The SMILES string of the molecule is CC[Si](CC)(CC)CCC(Cl)(Cl)Cl. The van der Waals surface area contributed by atoms with Crippen molar-refractivity contribution in [1.29, 1.82) is 0 Å². The van der Waals surface area contributed by atoms with Crippen LogP contribution in [0.3, 0.4) is 0 Å². The second kappa shape index (κ2) is 5.84. The molecule has 0 aromatic carbocycles. The lowest BCUT2D eigenvalue weighted by Crippen LogP contribution is -2.32. The molecule has 0 aliphatic rings. The van der Waals surface area contributed by atoms with Crippen molar-refractivity contribution in [2.24, 2.45) is 0 Å². The van der Waals surface area contributed by atoms with Gasteiger partial charge in [0.1, 0.15) is 0 Å². The maximum absolute atomic E-state index is 5.76.